The number of H-pyrrole nitrogens is 1. The van der Waals surface area contributed by atoms with Crippen LogP contribution in [0.25, 0.3) is 0 Å². The van der Waals surface area contributed by atoms with E-state index in [2.05, 4.69) is 5.10 Å². The van der Waals surface area contributed by atoms with Crippen molar-refractivity contribution >= 4 is 0 Å². The highest BCUT2D eigenvalue weighted by atomic mass is 19.1. The van der Waals surface area contributed by atoms with Gasteiger partial charge in [0, 0.05) is 11.8 Å². The van der Waals surface area contributed by atoms with Gasteiger partial charge in [-0.25, -0.2) is 9.07 Å². The molecule has 0 radical (unpaired) electrons. The lowest BCUT2D eigenvalue weighted by Crippen LogP contribution is -2.16. The highest BCUT2D eigenvalue weighted by Crippen LogP contribution is 2.09. The highest BCUT2D eigenvalue weighted by molar-refractivity contribution is 5.16. The van der Waals surface area contributed by atoms with Crippen LogP contribution in [0.2, 0.25) is 0 Å². The molecule has 0 bridgehead atoms. The van der Waals surface area contributed by atoms with Crippen molar-refractivity contribution in [2.24, 2.45) is 0 Å². The molecule has 90 valence electrons. The second-order valence-electron chi connectivity index (χ2n) is 4.42. The second-order valence-corrected chi connectivity index (χ2v) is 4.42. The summed E-state index contributed by atoms with van der Waals surface area (Å²) < 4.78 is 14.3. The summed E-state index contributed by atoms with van der Waals surface area (Å²) in [6.07, 6.45) is 0. The van der Waals surface area contributed by atoms with Crippen LogP contribution in [-0.2, 0) is 6.54 Å². The van der Waals surface area contributed by atoms with Crippen LogP contribution in [0, 0.1) is 5.82 Å². The molecule has 1 aromatic carbocycles. The summed E-state index contributed by atoms with van der Waals surface area (Å²) in [4.78, 5) is 11.7. The average molecular weight is 234 g/mol. The van der Waals surface area contributed by atoms with Crippen molar-refractivity contribution in [1.82, 2.24) is 9.78 Å². The Morgan fingerprint density at radius 1 is 1.29 bits per heavy atom. The number of nitrogens with zero attached hydrogens (tertiary/aromatic N) is 1. The smallest absolute Gasteiger partial charge is 0.267 e. The summed E-state index contributed by atoms with van der Waals surface area (Å²) in [7, 11) is 0. The molecular weight excluding hydrogens is 219 g/mol. The number of halogens is 1. The number of nitrogens with one attached hydrogen (secondary N) is 1. The first kappa shape index (κ1) is 11.6. The number of rotatable bonds is 3. The van der Waals surface area contributed by atoms with Crippen molar-refractivity contribution in [3.05, 3.63) is 57.8 Å². The molecule has 0 aliphatic carbocycles. The normalized spacial score (nSPS) is 11.1. The van der Waals surface area contributed by atoms with Crippen molar-refractivity contribution in [1.29, 1.82) is 0 Å². The van der Waals surface area contributed by atoms with Crippen LogP contribution in [0.4, 0.5) is 4.39 Å². The van der Waals surface area contributed by atoms with Gasteiger partial charge in [-0.3, -0.25) is 9.89 Å². The number of hydrogen-bond donors (Lipinski definition) is 1. The zero-order chi connectivity index (χ0) is 12.4. The van der Waals surface area contributed by atoms with Gasteiger partial charge in [-0.15, -0.1) is 0 Å². The van der Waals surface area contributed by atoms with E-state index in [0.717, 1.165) is 11.3 Å². The van der Waals surface area contributed by atoms with E-state index in [0.29, 0.717) is 6.54 Å². The minimum absolute atomic E-state index is 0.0574. The Kier molecular flexibility index (Phi) is 3.13. The predicted molar refractivity (Wildman–Crippen MR) is 64.6 cm³/mol. The molecule has 0 aliphatic rings. The van der Waals surface area contributed by atoms with E-state index >= 15 is 0 Å². The summed E-state index contributed by atoms with van der Waals surface area (Å²) in [6, 6.07) is 7.75. The molecule has 4 heteroatoms. The average Bonchev–Trinajstić information content (AvgIpc) is 2.64. The van der Waals surface area contributed by atoms with Crippen LogP contribution in [0.3, 0.4) is 0 Å². The van der Waals surface area contributed by atoms with Crippen LogP contribution >= 0.6 is 0 Å². The molecule has 3 nitrogen and oxygen atoms in total. The zero-order valence-corrected chi connectivity index (χ0v) is 9.90. The minimum Gasteiger partial charge on any atom is -0.299 e. The molecule has 1 heterocycles. The van der Waals surface area contributed by atoms with E-state index in [1.165, 1.54) is 16.8 Å². The summed E-state index contributed by atoms with van der Waals surface area (Å²) in [5, 5.41) is 3.05. The van der Waals surface area contributed by atoms with Crippen molar-refractivity contribution in [2.75, 3.05) is 0 Å². The molecular formula is C13H15FN2O. The first-order valence-corrected chi connectivity index (χ1v) is 5.60. The summed E-state index contributed by atoms with van der Waals surface area (Å²) in [6.45, 7) is 4.48. The molecule has 2 rings (SSSR count). The number of hydrogen-bond acceptors (Lipinski definition) is 1. The van der Waals surface area contributed by atoms with Gasteiger partial charge in [-0.05, 0) is 23.6 Å². The Bertz CT molecular complexity index is 552. The molecule has 0 aliphatic heterocycles. The van der Waals surface area contributed by atoms with Gasteiger partial charge in [0.05, 0.1) is 6.54 Å². The maximum Gasteiger partial charge on any atom is 0.267 e. The van der Waals surface area contributed by atoms with Crippen molar-refractivity contribution in [2.45, 2.75) is 26.3 Å². The standard InChI is InChI=1S/C13H15FN2O/c1-9(2)12-7-13(17)16(15-12)8-10-3-5-11(14)6-4-10/h3-7,9,15H,8H2,1-2H3. The van der Waals surface area contributed by atoms with Crippen molar-refractivity contribution in [3.63, 3.8) is 0 Å². The van der Waals surface area contributed by atoms with E-state index in [-0.39, 0.29) is 17.3 Å². The predicted octanol–water partition coefficient (Wildman–Crippen LogP) is 2.49. The third-order valence-corrected chi connectivity index (χ3v) is 2.69. The Balaban J connectivity index is 2.24. The van der Waals surface area contributed by atoms with Crippen molar-refractivity contribution in [3.8, 4) is 0 Å². The topological polar surface area (TPSA) is 37.8 Å². The van der Waals surface area contributed by atoms with E-state index in [9.17, 15) is 9.18 Å². The molecule has 0 saturated carbocycles. The third-order valence-electron chi connectivity index (χ3n) is 2.69. The van der Waals surface area contributed by atoms with Crippen LogP contribution in [0.15, 0.2) is 35.1 Å². The molecule has 1 aromatic heterocycles. The Morgan fingerprint density at radius 3 is 2.47 bits per heavy atom. The maximum absolute atomic E-state index is 12.7. The molecule has 0 fully saturated rings. The molecule has 17 heavy (non-hydrogen) atoms. The van der Waals surface area contributed by atoms with Gasteiger partial charge in [0.2, 0.25) is 0 Å². The SMILES string of the molecule is CC(C)c1cc(=O)n(Cc2ccc(F)cc2)[nH]1. The summed E-state index contributed by atoms with van der Waals surface area (Å²) >= 11 is 0. The van der Waals surface area contributed by atoms with Gasteiger partial charge in [0.25, 0.3) is 5.56 Å². The fourth-order valence-corrected chi connectivity index (χ4v) is 1.64. The van der Waals surface area contributed by atoms with Gasteiger partial charge < -0.3 is 0 Å². The second kappa shape index (κ2) is 4.57. The molecule has 0 spiro atoms. The fraction of sp³-hybridized carbons (Fsp3) is 0.308. The maximum atomic E-state index is 12.7. The van der Waals surface area contributed by atoms with Gasteiger partial charge in [0.1, 0.15) is 5.82 Å². The molecule has 0 saturated heterocycles. The lowest BCUT2D eigenvalue weighted by Gasteiger charge is -2.04. The van der Waals surface area contributed by atoms with Crippen LogP contribution in [0.1, 0.15) is 31.0 Å². The molecule has 0 unspecified atom stereocenters. The van der Waals surface area contributed by atoms with E-state index in [1.807, 2.05) is 13.8 Å². The Hall–Kier alpha value is -1.84. The Morgan fingerprint density at radius 2 is 1.94 bits per heavy atom. The first-order valence-electron chi connectivity index (χ1n) is 5.60. The molecule has 0 amide bonds. The van der Waals surface area contributed by atoms with Crippen LogP contribution in [-0.4, -0.2) is 9.78 Å². The van der Waals surface area contributed by atoms with Gasteiger partial charge in [0.15, 0.2) is 0 Å². The number of benzene rings is 1. The Labute approximate surface area is 98.9 Å². The monoisotopic (exact) mass is 234 g/mol. The first-order chi connectivity index (χ1) is 8.06. The third kappa shape index (κ3) is 2.64. The largest absolute Gasteiger partial charge is 0.299 e. The van der Waals surface area contributed by atoms with Crippen molar-refractivity contribution < 1.29 is 4.39 Å². The van der Waals surface area contributed by atoms with Crippen LogP contribution in [0.5, 0.6) is 0 Å². The fourth-order valence-electron chi connectivity index (χ4n) is 1.64. The number of aromatic amines is 1. The van der Waals surface area contributed by atoms with E-state index in [4.69, 9.17) is 0 Å². The lowest BCUT2D eigenvalue weighted by atomic mass is 10.1. The highest BCUT2D eigenvalue weighted by Gasteiger charge is 2.06. The molecule has 0 atom stereocenters. The number of aromatic nitrogens is 2. The van der Waals surface area contributed by atoms with Crippen LogP contribution < -0.4 is 5.56 Å². The van der Waals surface area contributed by atoms with Gasteiger partial charge in [-0.2, -0.15) is 0 Å². The lowest BCUT2D eigenvalue weighted by molar-refractivity contribution is 0.619. The zero-order valence-electron chi connectivity index (χ0n) is 9.90. The molecule has 1 N–H and O–H groups in total. The van der Waals surface area contributed by atoms with Gasteiger partial charge in [-0.1, -0.05) is 26.0 Å². The quantitative estimate of drug-likeness (QED) is 0.870. The minimum atomic E-state index is -0.268. The summed E-state index contributed by atoms with van der Waals surface area (Å²) in [5.74, 6) is 0.0209. The van der Waals surface area contributed by atoms with E-state index in [1.54, 1.807) is 18.2 Å². The van der Waals surface area contributed by atoms with Gasteiger partial charge >= 0.3 is 0 Å². The van der Waals surface area contributed by atoms with E-state index < -0.39 is 0 Å². The summed E-state index contributed by atoms with van der Waals surface area (Å²) in [5.41, 5.74) is 1.75. The molecule has 2 aromatic rings.